The zero-order chi connectivity index (χ0) is 27.7. The number of hydrogen-bond acceptors (Lipinski definition) is 5. The van der Waals surface area contributed by atoms with Crippen molar-refractivity contribution in [3.05, 3.63) is 77.4 Å². The first-order chi connectivity index (χ1) is 18.2. The number of carbonyl (C=O) groups is 3. The van der Waals surface area contributed by atoms with Crippen LogP contribution < -0.4 is 10.8 Å². The van der Waals surface area contributed by atoms with Gasteiger partial charge in [0.15, 0.2) is 0 Å². The third-order valence-electron chi connectivity index (χ3n) is 6.43. The lowest BCUT2D eigenvalue weighted by Crippen LogP contribution is -2.41. The third kappa shape index (κ3) is 7.29. The largest absolute Gasteiger partial charge is 0.478 e. The molecule has 1 atom stereocenters. The van der Waals surface area contributed by atoms with E-state index in [1.54, 1.807) is 29.9 Å². The number of carboxylic acid groups (broad SMARTS) is 1. The summed E-state index contributed by atoms with van der Waals surface area (Å²) in [4.78, 5) is 41.1. The fourth-order valence-electron chi connectivity index (χ4n) is 4.40. The quantitative estimate of drug-likeness (QED) is 0.150. The van der Waals surface area contributed by atoms with Crippen LogP contribution in [0.5, 0.6) is 0 Å². The minimum absolute atomic E-state index is 0.0969. The van der Waals surface area contributed by atoms with E-state index in [4.69, 9.17) is 5.21 Å². The van der Waals surface area contributed by atoms with E-state index in [0.717, 1.165) is 41.9 Å². The maximum Gasteiger partial charge on any atom is 0.336 e. The topological polar surface area (TPSA) is 134 Å². The zero-order valence-electron chi connectivity index (χ0n) is 22.1. The average molecular weight is 521 g/mol. The van der Waals surface area contributed by atoms with E-state index in [9.17, 15) is 19.5 Å². The maximum absolute atomic E-state index is 12.8. The van der Waals surface area contributed by atoms with Crippen molar-refractivity contribution in [3.63, 3.8) is 0 Å². The van der Waals surface area contributed by atoms with Crippen LogP contribution in [0.2, 0.25) is 0 Å². The highest BCUT2D eigenvalue weighted by atomic mass is 16.5. The van der Waals surface area contributed by atoms with E-state index in [1.807, 2.05) is 44.2 Å². The van der Waals surface area contributed by atoms with Crippen LogP contribution >= 0.6 is 0 Å². The van der Waals surface area contributed by atoms with Crippen LogP contribution in [-0.2, 0) is 29.1 Å². The van der Waals surface area contributed by atoms with Crippen LogP contribution in [0.3, 0.4) is 0 Å². The predicted octanol–water partition coefficient (Wildman–Crippen LogP) is 4.42. The van der Waals surface area contributed by atoms with Crippen molar-refractivity contribution in [2.24, 2.45) is 11.8 Å². The number of aromatic carboxylic acids is 1. The number of imidazole rings is 1. The first kappa shape index (κ1) is 28.6. The average Bonchev–Trinajstić information content (AvgIpc) is 3.29. The lowest BCUT2D eigenvalue weighted by molar-refractivity contribution is -0.141. The number of nitrogens with zero attached hydrogens (tertiary/aromatic N) is 2. The molecule has 0 aliphatic carbocycles. The summed E-state index contributed by atoms with van der Waals surface area (Å²) in [5.74, 6) is -2.13. The molecule has 3 aromatic rings. The van der Waals surface area contributed by atoms with Crippen molar-refractivity contribution >= 4 is 17.8 Å². The normalized spacial score (nSPS) is 11.8. The van der Waals surface area contributed by atoms with Gasteiger partial charge in [0.05, 0.1) is 24.0 Å². The van der Waals surface area contributed by atoms with E-state index in [1.165, 1.54) is 0 Å². The van der Waals surface area contributed by atoms with Crippen molar-refractivity contribution in [1.29, 1.82) is 0 Å². The summed E-state index contributed by atoms with van der Waals surface area (Å²) in [6.07, 6.45) is 4.84. The Labute approximate surface area is 222 Å². The van der Waals surface area contributed by atoms with E-state index >= 15 is 0 Å². The van der Waals surface area contributed by atoms with Gasteiger partial charge >= 0.3 is 5.97 Å². The molecule has 3 rings (SSSR count). The number of benzene rings is 2. The summed E-state index contributed by atoms with van der Waals surface area (Å²) in [6, 6.07) is 14.7. The van der Waals surface area contributed by atoms with Gasteiger partial charge in [-0.25, -0.2) is 15.3 Å². The number of nitrogens with one attached hydrogen (secondary N) is 2. The molecule has 2 amide bonds. The van der Waals surface area contributed by atoms with E-state index in [-0.39, 0.29) is 18.0 Å². The Balaban J connectivity index is 1.81. The standard InChI is InChI=1S/C29H36N4O5/c1-4-5-10-26-30-16-22(17-31-27(34)25(15-19(2)3)28(35)32-38)33(26)18-20-11-13-21(14-12-20)23-8-6-7-9-24(23)29(36)37/h6-9,11-14,16,19,25,38H,4-5,10,15,17-18H2,1-3H3,(H,31,34)(H,32,35)(H,36,37). The Hall–Kier alpha value is -3.98. The van der Waals surface area contributed by atoms with Gasteiger partial charge in [-0.3, -0.25) is 14.8 Å². The minimum atomic E-state index is -0.989. The first-order valence-electron chi connectivity index (χ1n) is 12.9. The molecule has 9 heteroatoms. The molecule has 9 nitrogen and oxygen atoms in total. The summed E-state index contributed by atoms with van der Waals surface area (Å²) < 4.78 is 2.07. The second kappa shape index (κ2) is 13.5. The van der Waals surface area contributed by atoms with Crippen molar-refractivity contribution in [3.8, 4) is 11.1 Å². The summed E-state index contributed by atoms with van der Waals surface area (Å²) in [5.41, 5.74) is 5.12. The number of carbonyl (C=O) groups excluding carboxylic acids is 2. The van der Waals surface area contributed by atoms with Gasteiger partial charge in [0.1, 0.15) is 11.7 Å². The number of hydroxylamine groups is 1. The molecule has 1 heterocycles. The first-order valence-corrected chi connectivity index (χ1v) is 12.9. The Kier molecular flexibility index (Phi) is 10.2. The van der Waals surface area contributed by atoms with Gasteiger partial charge in [-0.2, -0.15) is 0 Å². The SMILES string of the molecule is CCCCc1ncc(CNC(=O)C(CC(C)C)C(=O)NO)n1Cc1ccc(-c2ccccc2C(=O)O)cc1. The summed E-state index contributed by atoms with van der Waals surface area (Å²) in [7, 11) is 0. The minimum Gasteiger partial charge on any atom is -0.478 e. The predicted molar refractivity (Wildman–Crippen MR) is 143 cm³/mol. The van der Waals surface area contributed by atoms with Crippen LogP contribution in [0, 0.1) is 11.8 Å². The molecular formula is C29H36N4O5. The van der Waals surface area contributed by atoms with Gasteiger partial charge < -0.3 is 15.0 Å². The zero-order valence-corrected chi connectivity index (χ0v) is 22.1. The number of carboxylic acids is 1. The van der Waals surface area contributed by atoms with Gasteiger partial charge in [-0.05, 0) is 41.5 Å². The van der Waals surface area contributed by atoms with Crippen molar-refractivity contribution in [2.45, 2.75) is 59.5 Å². The Bertz CT molecular complexity index is 1250. The Morgan fingerprint density at radius 3 is 2.37 bits per heavy atom. The number of rotatable bonds is 13. The molecule has 0 aliphatic rings. The number of unbranched alkanes of at least 4 members (excludes halogenated alkanes) is 1. The summed E-state index contributed by atoms with van der Waals surface area (Å²) >= 11 is 0. The van der Waals surface area contributed by atoms with Crippen LogP contribution in [0.25, 0.3) is 11.1 Å². The molecule has 0 saturated carbocycles. The second-order valence-electron chi connectivity index (χ2n) is 9.78. The Morgan fingerprint density at radius 2 is 1.74 bits per heavy atom. The summed E-state index contributed by atoms with van der Waals surface area (Å²) in [5, 5.41) is 21.4. The molecule has 38 heavy (non-hydrogen) atoms. The molecule has 2 aromatic carbocycles. The highest BCUT2D eigenvalue weighted by Gasteiger charge is 2.27. The second-order valence-corrected chi connectivity index (χ2v) is 9.78. The molecule has 0 saturated heterocycles. The van der Waals surface area contributed by atoms with Crippen molar-refractivity contribution in [2.75, 3.05) is 0 Å². The maximum atomic E-state index is 12.8. The molecule has 0 radical (unpaired) electrons. The highest BCUT2D eigenvalue weighted by molar-refractivity contribution is 5.99. The lowest BCUT2D eigenvalue weighted by atomic mass is 9.95. The number of aromatic nitrogens is 2. The van der Waals surface area contributed by atoms with Crippen LogP contribution in [0.15, 0.2) is 54.7 Å². The fourth-order valence-corrected chi connectivity index (χ4v) is 4.40. The van der Waals surface area contributed by atoms with Crippen molar-refractivity contribution in [1.82, 2.24) is 20.3 Å². The fraction of sp³-hybridized carbons (Fsp3) is 0.379. The number of aryl methyl sites for hydroxylation is 1. The van der Waals surface area contributed by atoms with Crippen molar-refractivity contribution < 1.29 is 24.7 Å². The monoisotopic (exact) mass is 520 g/mol. The molecule has 0 bridgehead atoms. The number of hydrogen-bond donors (Lipinski definition) is 4. The highest BCUT2D eigenvalue weighted by Crippen LogP contribution is 2.25. The van der Waals surface area contributed by atoms with Gasteiger partial charge in [0.25, 0.3) is 5.91 Å². The van der Waals surface area contributed by atoms with E-state index in [0.29, 0.717) is 18.5 Å². The Morgan fingerprint density at radius 1 is 1.03 bits per heavy atom. The molecule has 0 fully saturated rings. The third-order valence-corrected chi connectivity index (χ3v) is 6.43. The van der Waals surface area contributed by atoms with Gasteiger partial charge in [-0.15, -0.1) is 0 Å². The van der Waals surface area contributed by atoms with Crippen LogP contribution in [0.1, 0.15) is 67.5 Å². The molecular weight excluding hydrogens is 484 g/mol. The number of amides is 2. The van der Waals surface area contributed by atoms with E-state index < -0.39 is 23.7 Å². The lowest BCUT2D eigenvalue weighted by Gasteiger charge is -2.18. The molecule has 202 valence electrons. The van der Waals surface area contributed by atoms with Gasteiger partial charge in [-0.1, -0.05) is 69.7 Å². The molecule has 0 spiro atoms. The smallest absolute Gasteiger partial charge is 0.336 e. The van der Waals surface area contributed by atoms with Crippen LogP contribution in [0.4, 0.5) is 0 Å². The molecule has 1 unspecified atom stereocenters. The molecule has 1 aromatic heterocycles. The summed E-state index contributed by atoms with van der Waals surface area (Å²) in [6.45, 7) is 6.65. The van der Waals surface area contributed by atoms with Gasteiger partial charge in [0.2, 0.25) is 5.91 Å². The van der Waals surface area contributed by atoms with Gasteiger partial charge in [0, 0.05) is 13.0 Å². The molecule has 0 aliphatic heterocycles. The van der Waals surface area contributed by atoms with Crippen LogP contribution in [-0.4, -0.2) is 37.6 Å². The van der Waals surface area contributed by atoms with E-state index in [2.05, 4.69) is 21.8 Å². The molecule has 4 N–H and O–H groups in total.